The summed E-state index contributed by atoms with van der Waals surface area (Å²) in [5.74, 6) is 0.805. The minimum Gasteiger partial charge on any atom is -0.466 e. The lowest BCUT2D eigenvalue weighted by molar-refractivity contribution is -0.571. The Hall–Kier alpha value is -0.850. The maximum atomic E-state index is 13.2. The molecule has 10 heteroatoms. The third-order valence-electron chi connectivity index (χ3n) is 13.9. The van der Waals surface area contributed by atoms with Crippen LogP contribution in [0.1, 0.15) is 112 Å². The first-order valence-corrected chi connectivity index (χ1v) is 18.0. The summed E-state index contributed by atoms with van der Waals surface area (Å²) >= 11 is 0. The molecule has 10 fully saturated rings. The summed E-state index contributed by atoms with van der Waals surface area (Å²) in [6.07, 6.45) is 8.49. The number of esters is 1. The van der Waals surface area contributed by atoms with Crippen LogP contribution in [0.2, 0.25) is 0 Å². The first-order chi connectivity index (χ1) is 21.5. The van der Waals surface area contributed by atoms with Crippen LogP contribution in [0.5, 0.6) is 0 Å². The molecule has 45 heavy (non-hydrogen) atoms. The number of hydrogen-bond acceptors (Lipinski definition) is 10. The predicted molar refractivity (Wildman–Crippen MR) is 158 cm³/mol. The Morgan fingerprint density at radius 1 is 0.667 bits per heavy atom. The molecule has 0 aromatic carbocycles. The van der Waals surface area contributed by atoms with Gasteiger partial charge in [-0.25, -0.2) is 19.6 Å². The number of carbonyl (C=O) groups excluding carboxylic acids is 1. The molecule has 8 aliphatic heterocycles. The third-order valence-corrected chi connectivity index (χ3v) is 13.9. The molecule has 4 bridgehead atoms. The summed E-state index contributed by atoms with van der Waals surface area (Å²) in [4.78, 5) is 37.6. The first kappa shape index (κ1) is 31.4. The zero-order valence-electron chi connectivity index (χ0n) is 28.0. The molecule has 0 unspecified atom stereocenters. The maximum Gasteiger partial charge on any atom is 0.308 e. The van der Waals surface area contributed by atoms with Crippen molar-refractivity contribution in [3.8, 4) is 0 Å². The standard InChI is InChI=1S/C35H54O10/c1-19-9-11-25-21(3)27(38-30-34(25)23(19)13-15-32(5,40-30)42-44-34)8-7-17-37-29(36)18-28-22(4)26-12-10-20(2)24-14-16-33(6)41-31(39-28)35(24,26)45-43-33/h19-28,30-31H,7-18H2,1-6H3/t19-,20-,21-,22-,23+,24+,25+,26+,27-,28-,30-,31-,32-,33-,34-,35-/m1/s1. The van der Waals surface area contributed by atoms with Gasteiger partial charge in [-0.15, -0.1) is 0 Å². The highest BCUT2D eigenvalue weighted by Crippen LogP contribution is 2.62. The van der Waals surface area contributed by atoms with Gasteiger partial charge in [-0.3, -0.25) is 4.79 Å². The summed E-state index contributed by atoms with van der Waals surface area (Å²) in [7, 11) is 0. The number of rotatable bonds is 6. The Morgan fingerprint density at radius 3 is 1.73 bits per heavy atom. The molecule has 16 atom stereocenters. The predicted octanol–water partition coefficient (Wildman–Crippen LogP) is 6.20. The van der Waals surface area contributed by atoms with E-state index in [0.717, 1.165) is 57.8 Å². The van der Waals surface area contributed by atoms with Crippen LogP contribution in [0, 0.1) is 47.3 Å². The van der Waals surface area contributed by atoms with Crippen molar-refractivity contribution in [1.29, 1.82) is 0 Å². The molecule has 2 aliphatic carbocycles. The molecule has 8 saturated heterocycles. The van der Waals surface area contributed by atoms with E-state index in [-0.39, 0.29) is 42.4 Å². The molecule has 0 aromatic heterocycles. The average molecular weight is 635 g/mol. The molecule has 0 N–H and O–H groups in total. The Bertz CT molecular complexity index is 1150. The summed E-state index contributed by atoms with van der Waals surface area (Å²) in [5.41, 5.74) is -1.16. The van der Waals surface area contributed by atoms with Crippen LogP contribution in [0.4, 0.5) is 0 Å². The van der Waals surface area contributed by atoms with Crippen LogP contribution in [0.15, 0.2) is 0 Å². The highest BCUT2D eigenvalue weighted by atomic mass is 17.3. The SMILES string of the molecule is C[C@H]1[C@@H](CCCOC(=O)C[C@H]2O[C@@H]3O[C@@]4(C)CC[C@H]5[C@H](C)CC[C@@H]([C@H]2C)[C@@]35OO4)O[C@@H]2O[C@@]3(C)CC[C@H]4[C@H](C)CC[C@@H]1[C@@]24OO3. The van der Waals surface area contributed by atoms with Gasteiger partial charge in [-0.2, -0.15) is 0 Å². The van der Waals surface area contributed by atoms with Gasteiger partial charge in [0.2, 0.25) is 11.6 Å². The van der Waals surface area contributed by atoms with E-state index >= 15 is 0 Å². The molecule has 2 spiro atoms. The van der Waals surface area contributed by atoms with E-state index in [2.05, 4.69) is 27.7 Å². The summed E-state index contributed by atoms with van der Waals surface area (Å²) in [6, 6.07) is 0. The van der Waals surface area contributed by atoms with Gasteiger partial charge in [-0.05, 0) is 101 Å². The number of fused-ring (bicyclic) bond motifs is 4. The quantitative estimate of drug-likeness (QED) is 0.191. The minimum atomic E-state index is -0.823. The first-order valence-electron chi connectivity index (χ1n) is 18.0. The summed E-state index contributed by atoms with van der Waals surface area (Å²) in [6.45, 7) is 13.4. The Labute approximate surface area is 267 Å². The zero-order valence-corrected chi connectivity index (χ0v) is 28.0. The van der Waals surface area contributed by atoms with Crippen LogP contribution in [0.25, 0.3) is 0 Å². The van der Waals surface area contributed by atoms with Gasteiger partial charge in [-0.1, -0.05) is 27.7 Å². The van der Waals surface area contributed by atoms with Crippen molar-refractivity contribution in [3.05, 3.63) is 0 Å². The second-order valence-electron chi connectivity index (χ2n) is 16.5. The fourth-order valence-corrected chi connectivity index (χ4v) is 11.2. The van der Waals surface area contributed by atoms with Gasteiger partial charge in [0, 0.05) is 24.7 Å². The fraction of sp³-hybridized carbons (Fsp3) is 0.971. The number of carbonyl (C=O) groups is 1. The zero-order chi connectivity index (χ0) is 31.4. The Kier molecular flexibility index (Phi) is 7.74. The van der Waals surface area contributed by atoms with E-state index in [1.54, 1.807) is 0 Å². The third kappa shape index (κ3) is 4.74. The lowest BCUT2D eigenvalue weighted by atomic mass is 9.57. The molecule has 254 valence electrons. The molecule has 0 aromatic rings. The molecule has 0 amide bonds. The van der Waals surface area contributed by atoms with Crippen molar-refractivity contribution >= 4 is 5.97 Å². The van der Waals surface area contributed by atoms with Crippen LogP contribution in [-0.2, 0) is 48.0 Å². The molecule has 8 heterocycles. The minimum absolute atomic E-state index is 0.0100. The van der Waals surface area contributed by atoms with E-state index in [1.807, 2.05) is 13.8 Å². The van der Waals surface area contributed by atoms with E-state index in [0.29, 0.717) is 36.2 Å². The fourth-order valence-electron chi connectivity index (χ4n) is 11.2. The molecular weight excluding hydrogens is 580 g/mol. The second kappa shape index (κ2) is 11.1. The van der Waals surface area contributed by atoms with Crippen molar-refractivity contribution in [2.75, 3.05) is 6.61 Å². The molecule has 2 saturated carbocycles. The molecule has 0 radical (unpaired) electrons. The topological polar surface area (TPSA) is 100 Å². The van der Waals surface area contributed by atoms with Gasteiger partial charge >= 0.3 is 5.97 Å². The van der Waals surface area contributed by atoms with E-state index < -0.39 is 35.4 Å². The number of ether oxygens (including phenoxy) is 5. The van der Waals surface area contributed by atoms with E-state index in [4.69, 9.17) is 43.2 Å². The second-order valence-corrected chi connectivity index (χ2v) is 16.5. The van der Waals surface area contributed by atoms with Crippen LogP contribution >= 0.6 is 0 Å². The number of hydrogen-bond donors (Lipinski definition) is 0. The smallest absolute Gasteiger partial charge is 0.308 e. The normalized spacial score (nSPS) is 56.5. The molecule has 10 nitrogen and oxygen atoms in total. The Balaban J connectivity index is 0.880. The molecule has 10 rings (SSSR count). The van der Waals surface area contributed by atoms with Gasteiger partial charge < -0.3 is 23.7 Å². The summed E-state index contributed by atoms with van der Waals surface area (Å²) < 4.78 is 32.1. The van der Waals surface area contributed by atoms with Crippen LogP contribution in [-0.4, -0.2) is 60.1 Å². The highest BCUT2D eigenvalue weighted by molar-refractivity contribution is 5.70. The lowest BCUT2D eigenvalue weighted by Gasteiger charge is -2.60. The van der Waals surface area contributed by atoms with Gasteiger partial charge in [0.15, 0.2) is 23.8 Å². The van der Waals surface area contributed by atoms with Crippen molar-refractivity contribution in [2.45, 2.75) is 160 Å². The molecule has 10 aliphatic rings. The van der Waals surface area contributed by atoms with Crippen LogP contribution < -0.4 is 0 Å². The van der Waals surface area contributed by atoms with E-state index in [1.165, 1.54) is 6.42 Å². The average Bonchev–Trinajstić information content (AvgIpc) is 3.38. The highest BCUT2D eigenvalue weighted by Gasteiger charge is 2.70. The van der Waals surface area contributed by atoms with Gasteiger partial charge in [0.05, 0.1) is 25.2 Å². The van der Waals surface area contributed by atoms with Crippen molar-refractivity contribution in [3.63, 3.8) is 0 Å². The van der Waals surface area contributed by atoms with Gasteiger partial charge in [0.25, 0.3) is 0 Å². The van der Waals surface area contributed by atoms with Crippen molar-refractivity contribution in [2.24, 2.45) is 47.3 Å². The van der Waals surface area contributed by atoms with E-state index in [9.17, 15) is 4.79 Å². The van der Waals surface area contributed by atoms with Gasteiger partial charge in [0.1, 0.15) is 0 Å². The van der Waals surface area contributed by atoms with Crippen molar-refractivity contribution in [1.82, 2.24) is 0 Å². The van der Waals surface area contributed by atoms with Crippen LogP contribution in [0.3, 0.4) is 0 Å². The largest absolute Gasteiger partial charge is 0.466 e. The van der Waals surface area contributed by atoms with Crippen molar-refractivity contribution < 1.29 is 48.0 Å². The Morgan fingerprint density at radius 2 is 1.18 bits per heavy atom. The maximum absolute atomic E-state index is 13.2. The summed E-state index contributed by atoms with van der Waals surface area (Å²) in [5, 5.41) is 0. The monoisotopic (exact) mass is 634 g/mol. The molecular formula is C35H54O10. The lowest BCUT2D eigenvalue weighted by Crippen LogP contribution is -2.70.